The third-order valence-corrected chi connectivity index (χ3v) is 9.26. The second kappa shape index (κ2) is 14.6. The largest absolute Gasteiger partial charge is 0.478 e. The minimum absolute atomic E-state index is 0.0404. The number of rotatable bonds is 14. The molecule has 1 aliphatic carbocycles. The van der Waals surface area contributed by atoms with E-state index < -0.39 is 64.7 Å². The number of nitrogens with zero attached hydrogens (tertiary/aromatic N) is 6. The zero-order chi connectivity index (χ0) is 34.6. The summed E-state index contributed by atoms with van der Waals surface area (Å²) < 4.78 is 40.4. The first kappa shape index (κ1) is 34.6. The van der Waals surface area contributed by atoms with Crippen LogP contribution < -0.4 is 21.7 Å². The number of carboxylic acids is 1. The fraction of sp³-hybridized carbons (Fsp3) is 0.462. The molecule has 2 aliphatic heterocycles. The Kier molecular flexibility index (Phi) is 10.5. The quantitative estimate of drug-likeness (QED) is 0.0372. The lowest BCUT2D eigenvalue weighted by molar-refractivity contribution is -0.156. The predicted octanol–water partition coefficient (Wildman–Crippen LogP) is -1.86. The molecule has 6 atom stereocenters. The second-order valence-corrected chi connectivity index (χ2v) is 13.2. The molecular formula is C26H33N11O9S2. The summed E-state index contributed by atoms with van der Waals surface area (Å²) in [5.41, 5.74) is 5.72. The van der Waals surface area contributed by atoms with Crippen molar-refractivity contribution < 1.29 is 42.0 Å². The summed E-state index contributed by atoms with van der Waals surface area (Å²) in [6.45, 7) is 2.76. The number of nitrogen functional groups attached to an aromatic ring is 1. The highest BCUT2D eigenvalue weighted by molar-refractivity contribution is 7.84. The van der Waals surface area contributed by atoms with Crippen molar-refractivity contribution in [1.29, 1.82) is 5.41 Å². The van der Waals surface area contributed by atoms with Gasteiger partial charge in [0.15, 0.2) is 10.8 Å². The van der Waals surface area contributed by atoms with Gasteiger partial charge in [-0.2, -0.15) is 13.5 Å². The van der Waals surface area contributed by atoms with Crippen LogP contribution in [-0.4, -0.2) is 121 Å². The van der Waals surface area contributed by atoms with Crippen LogP contribution in [0.4, 0.5) is 5.13 Å². The Morgan fingerprint density at radius 3 is 2.75 bits per heavy atom. The second-order valence-electron chi connectivity index (χ2n) is 11.0. The number of ether oxygens (including phenoxy) is 1. The van der Waals surface area contributed by atoms with E-state index in [1.165, 1.54) is 22.7 Å². The Labute approximate surface area is 277 Å². The van der Waals surface area contributed by atoms with Gasteiger partial charge in [0.2, 0.25) is 6.10 Å². The van der Waals surface area contributed by atoms with E-state index in [2.05, 4.69) is 36.2 Å². The van der Waals surface area contributed by atoms with E-state index >= 15 is 0 Å². The van der Waals surface area contributed by atoms with E-state index in [0.717, 1.165) is 30.8 Å². The van der Waals surface area contributed by atoms with Crippen LogP contribution in [0.2, 0.25) is 0 Å². The maximum absolute atomic E-state index is 13.4. The molecular weight excluding hydrogens is 674 g/mol. The first-order valence-electron chi connectivity index (χ1n) is 14.5. The summed E-state index contributed by atoms with van der Waals surface area (Å²) in [6, 6.07) is -2.59. The number of carbonyl (C=O) groups is 3. The lowest BCUT2D eigenvalue weighted by Gasteiger charge is -2.43. The van der Waals surface area contributed by atoms with Crippen LogP contribution in [0.15, 0.2) is 47.0 Å². The number of β-lactam (4-membered cyclic amide) rings is 1. The van der Waals surface area contributed by atoms with Crippen molar-refractivity contribution in [2.24, 2.45) is 11.1 Å². The number of hydrogen-bond acceptors (Lipinski definition) is 15. The van der Waals surface area contributed by atoms with Gasteiger partial charge in [0, 0.05) is 29.5 Å². The van der Waals surface area contributed by atoms with Crippen LogP contribution in [0.1, 0.15) is 19.0 Å². The summed E-state index contributed by atoms with van der Waals surface area (Å²) >= 11 is 0.944. The van der Waals surface area contributed by atoms with E-state index in [1.807, 2.05) is 13.0 Å². The SMILES string of the molecule is CC1C=C(C(=N)N[C@H]2CCNC2)C=CC1OC[C@H](O/N=C(\C(=O)N[C@@H]1C(=O)N(S(=O)(=O)O)[C@@H]1Cn1cncn1)c1csc(N)n1)C(=O)O. The minimum Gasteiger partial charge on any atom is -0.478 e. The van der Waals surface area contributed by atoms with Crippen molar-refractivity contribution in [2.75, 3.05) is 25.4 Å². The number of nitrogens with two attached hydrogens (primary N) is 1. The maximum Gasteiger partial charge on any atom is 0.362 e. The molecule has 5 rings (SSSR count). The number of carbonyl (C=O) groups excluding carboxylic acids is 2. The van der Waals surface area contributed by atoms with Crippen LogP contribution in [0.25, 0.3) is 0 Å². The zero-order valence-electron chi connectivity index (χ0n) is 25.3. The van der Waals surface area contributed by atoms with E-state index in [1.54, 1.807) is 12.2 Å². The van der Waals surface area contributed by atoms with Crippen molar-refractivity contribution in [3.05, 3.63) is 47.5 Å². The molecule has 3 aliphatic rings. The van der Waals surface area contributed by atoms with Crippen molar-refractivity contribution in [3.63, 3.8) is 0 Å². The fourth-order valence-corrected chi connectivity index (χ4v) is 6.60. The molecule has 2 fully saturated rings. The van der Waals surface area contributed by atoms with Gasteiger partial charge in [-0.3, -0.25) is 24.2 Å². The summed E-state index contributed by atoms with van der Waals surface area (Å²) in [5, 5.41) is 35.9. The van der Waals surface area contributed by atoms with Crippen LogP contribution in [-0.2, 0) is 40.8 Å². The summed E-state index contributed by atoms with van der Waals surface area (Å²) in [4.78, 5) is 51.1. The van der Waals surface area contributed by atoms with Gasteiger partial charge in [0.05, 0.1) is 25.3 Å². The molecule has 0 bridgehead atoms. The Balaban J connectivity index is 1.25. The van der Waals surface area contributed by atoms with Gasteiger partial charge in [-0.1, -0.05) is 30.3 Å². The Bertz CT molecular complexity index is 1740. The average Bonchev–Trinajstić information content (AvgIpc) is 3.81. The van der Waals surface area contributed by atoms with Gasteiger partial charge in [-0.25, -0.2) is 19.1 Å². The first-order valence-corrected chi connectivity index (χ1v) is 16.8. The third kappa shape index (κ3) is 8.02. The number of thiazole rings is 1. The molecule has 0 saturated carbocycles. The molecule has 2 unspecified atom stereocenters. The molecule has 2 saturated heterocycles. The minimum atomic E-state index is -4.98. The molecule has 22 heteroatoms. The fourth-order valence-electron chi connectivity index (χ4n) is 5.18. The summed E-state index contributed by atoms with van der Waals surface area (Å²) in [7, 11) is -4.98. The highest BCUT2D eigenvalue weighted by Crippen LogP contribution is 2.26. The van der Waals surface area contributed by atoms with Gasteiger partial charge >= 0.3 is 16.3 Å². The molecule has 48 heavy (non-hydrogen) atoms. The average molecular weight is 708 g/mol. The van der Waals surface area contributed by atoms with Gasteiger partial charge in [-0.05, 0) is 13.0 Å². The summed E-state index contributed by atoms with van der Waals surface area (Å²) in [5.74, 6) is -3.62. The topological polar surface area (TPSA) is 289 Å². The number of hydrogen-bond donors (Lipinski definition) is 7. The highest BCUT2D eigenvalue weighted by atomic mass is 32.2. The zero-order valence-corrected chi connectivity index (χ0v) is 26.9. The number of oxime groups is 1. The molecule has 2 aromatic heterocycles. The molecule has 0 aromatic carbocycles. The van der Waals surface area contributed by atoms with Crippen LogP contribution in [0, 0.1) is 11.3 Å². The van der Waals surface area contributed by atoms with Gasteiger partial charge < -0.3 is 36.4 Å². The molecule has 0 spiro atoms. The van der Waals surface area contributed by atoms with Crippen LogP contribution in [0.3, 0.4) is 0 Å². The standard InChI is InChI=1S/C26H33N11O9S2/c1-13-6-14(22(27)32-15-4-5-29-7-15)2-3-18(13)45-9-19(25(40)41)46-35-20(16-10-47-26(28)33-16)23(38)34-21-17(8-36-12-30-11-31-36)37(24(21)39)48(42,43)44/h2-3,6,10-13,15,17-19,21,29H,4-5,7-9H2,1H3,(H2,27,32)(H2,28,33)(H,34,38)(H,40,41)(H,42,43,44)/b35-20-/t13?,15-,17+,18?,19-,21-/m0/s1. The molecule has 2 aromatic rings. The van der Waals surface area contributed by atoms with E-state index in [4.69, 9.17) is 20.7 Å². The van der Waals surface area contributed by atoms with Crippen molar-refractivity contribution >= 4 is 56.1 Å². The predicted molar refractivity (Wildman–Crippen MR) is 168 cm³/mol. The number of amides is 2. The highest BCUT2D eigenvalue weighted by Gasteiger charge is 2.54. The molecule has 8 N–H and O–H groups in total. The third-order valence-electron chi connectivity index (χ3n) is 7.64. The number of anilines is 1. The van der Waals surface area contributed by atoms with Gasteiger partial charge in [0.25, 0.3) is 11.8 Å². The number of aliphatic carboxylic acids is 1. The number of amidine groups is 1. The number of nitrogens with one attached hydrogen (secondary N) is 4. The lowest BCUT2D eigenvalue weighted by atomic mass is 9.94. The smallest absolute Gasteiger partial charge is 0.362 e. The number of carboxylic acid groups (broad SMARTS) is 1. The molecule has 2 amide bonds. The normalized spacial score (nSPS) is 24.8. The Morgan fingerprint density at radius 2 is 2.15 bits per heavy atom. The summed E-state index contributed by atoms with van der Waals surface area (Å²) in [6.07, 6.45) is 6.35. The Hall–Kier alpha value is -4.77. The van der Waals surface area contributed by atoms with Gasteiger partial charge in [0.1, 0.15) is 30.2 Å². The number of aromatic nitrogens is 4. The van der Waals surface area contributed by atoms with Crippen molar-refractivity contribution in [1.82, 2.24) is 40.0 Å². The van der Waals surface area contributed by atoms with E-state index in [0.29, 0.717) is 5.57 Å². The molecule has 20 nitrogen and oxygen atoms in total. The monoisotopic (exact) mass is 707 g/mol. The molecule has 0 radical (unpaired) electrons. The van der Waals surface area contributed by atoms with E-state index in [-0.39, 0.29) is 39.5 Å². The molecule has 4 heterocycles. The van der Waals surface area contributed by atoms with Crippen molar-refractivity contribution in [2.45, 2.75) is 50.2 Å². The maximum atomic E-state index is 13.4. The lowest BCUT2D eigenvalue weighted by Crippen LogP contribution is -2.73. The van der Waals surface area contributed by atoms with Crippen LogP contribution >= 0.6 is 11.3 Å². The Morgan fingerprint density at radius 1 is 1.35 bits per heavy atom. The van der Waals surface area contributed by atoms with E-state index in [9.17, 15) is 32.5 Å². The molecule has 258 valence electrons. The van der Waals surface area contributed by atoms with Gasteiger partial charge in [-0.15, -0.1) is 11.3 Å². The van der Waals surface area contributed by atoms with Crippen LogP contribution in [0.5, 0.6) is 0 Å². The first-order chi connectivity index (χ1) is 22.8. The van der Waals surface area contributed by atoms with Crippen molar-refractivity contribution in [3.8, 4) is 0 Å².